The summed E-state index contributed by atoms with van der Waals surface area (Å²) in [6.07, 6.45) is 3.65. The largest absolute Gasteiger partial charge is 0.480 e. The Morgan fingerprint density at radius 1 is 1.65 bits per heavy atom. The summed E-state index contributed by atoms with van der Waals surface area (Å²) in [6, 6.07) is 3.48. The van der Waals surface area contributed by atoms with Crippen LogP contribution < -0.4 is 15.8 Å². The summed E-state index contributed by atoms with van der Waals surface area (Å²) in [6.45, 7) is 1.77. The molecule has 0 radical (unpaired) electrons. The zero-order chi connectivity index (χ0) is 12.5. The van der Waals surface area contributed by atoms with Crippen molar-refractivity contribution in [1.82, 2.24) is 4.98 Å². The van der Waals surface area contributed by atoms with Crippen LogP contribution in [0.15, 0.2) is 18.3 Å². The average molecular weight is 235 g/mol. The predicted molar refractivity (Wildman–Crippen MR) is 64.7 cm³/mol. The molecule has 1 unspecified atom stereocenters. The number of hydrogen-bond acceptors (Lipinski definition) is 4. The van der Waals surface area contributed by atoms with E-state index in [9.17, 15) is 4.79 Å². The molecule has 0 spiro atoms. The van der Waals surface area contributed by atoms with Crippen molar-refractivity contribution in [1.29, 1.82) is 0 Å². The van der Waals surface area contributed by atoms with Gasteiger partial charge in [0.1, 0.15) is 5.69 Å². The number of hydrogen-bond donors (Lipinski definition) is 2. The normalized spacial score (nSPS) is 18.3. The molecule has 17 heavy (non-hydrogen) atoms. The van der Waals surface area contributed by atoms with Gasteiger partial charge in [0.05, 0.1) is 12.6 Å². The molecule has 1 aromatic rings. The van der Waals surface area contributed by atoms with Gasteiger partial charge in [-0.15, -0.1) is 0 Å². The lowest BCUT2D eigenvalue weighted by molar-refractivity contribution is -0.121. The van der Waals surface area contributed by atoms with Crippen molar-refractivity contribution in [3.8, 4) is 5.88 Å². The molecule has 1 atom stereocenters. The number of carbonyl (C=O) groups is 1. The number of nitrogens with one attached hydrogen (secondary N) is 1. The van der Waals surface area contributed by atoms with Crippen molar-refractivity contribution in [2.45, 2.75) is 25.3 Å². The molecule has 1 aromatic heterocycles. The summed E-state index contributed by atoms with van der Waals surface area (Å²) >= 11 is 0. The van der Waals surface area contributed by atoms with Crippen molar-refractivity contribution < 1.29 is 9.53 Å². The molecule has 1 aliphatic carbocycles. The highest BCUT2D eigenvalue weighted by molar-refractivity contribution is 5.98. The van der Waals surface area contributed by atoms with Crippen LogP contribution in [-0.2, 0) is 4.79 Å². The van der Waals surface area contributed by atoms with Crippen molar-refractivity contribution in [3.05, 3.63) is 18.3 Å². The SMILES string of the molecule is COc1ncccc1NC(=O)C(C)(N)C1CC1. The van der Waals surface area contributed by atoms with E-state index in [2.05, 4.69) is 10.3 Å². The molecular weight excluding hydrogens is 218 g/mol. The van der Waals surface area contributed by atoms with Crippen LogP contribution in [0.25, 0.3) is 0 Å². The molecule has 2 rings (SSSR count). The minimum atomic E-state index is -0.819. The van der Waals surface area contributed by atoms with Crippen molar-refractivity contribution >= 4 is 11.6 Å². The maximum absolute atomic E-state index is 12.1. The molecule has 1 fully saturated rings. The first-order valence-electron chi connectivity index (χ1n) is 5.65. The number of nitrogens with zero attached hydrogens (tertiary/aromatic N) is 1. The van der Waals surface area contributed by atoms with E-state index in [0.717, 1.165) is 12.8 Å². The molecule has 0 aromatic carbocycles. The molecule has 0 saturated heterocycles. The number of pyridine rings is 1. The minimum Gasteiger partial charge on any atom is -0.480 e. The number of carbonyl (C=O) groups excluding carboxylic acids is 1. The second-order valence-electron chi connectivity index (χ2n) is 4.57. The van der Waals surface area contributed by atoms with Crippen LogP contribution in [-0.4, -0.2) is 23.5 Å². The number of amides is 1. The van der Waals surface area contributed by atoms with Crippen molar-refractivity contribution in [3.63, 3.8) is 0 Å². The van der Waals surface area contributed by atoms with Crippen molar-refractivity contribution in [2.75, 3.05) is 12.4 Å². The van der Waals surface area contributed by atoms with E-state index in [1.807, 2.05) is 0 Å². The molecule has 0 bridgehead atoms. The predicted octanol–water partition coefficient (Wildman–Crippen LogP) is 1.16. The highest BCUT2D eigenvalue weighted by Gasteiger charge is 2.44. The standard InChI is InChI=1S/C12H17N3O2/c1-12(13,8-5-6-8)11(16)15-9-4-3-7-14-10(9)17-2/h3-4,7-8H,5-6,13H2,1-2H3,(H,15,16). The summed E-state index contributed by atoms with van der Waals surface area (Å²) < 4.78 is 5.07. The number of anilines is 1. The second kappa shape index (κ2) is 4.33. The summed E-state index contributed by atoms with van der Waals surface area (Å²) in [5.41, 5.74) is 5.77. The maximum atomic E-state index is 12.1. The van der Waals surface area contributed by atoms with Gasteiger partial charge in [-0.25, -0.2) is 4.98 Å². The van der Waals surface area contributed by atoms with E-state index in [1.165, 1.54) is 7.11 Å². The van der Waals surface area contributed by atoms with Gasteiger partial charge in [-0.2, -0.15) is 0 Å². The molecule has 5 nitrogen and oxygen atoms in total. The third kappa shape index (κ3) is 2.39. The first kappa shape index (κ1) is 11.9. The molecule has 1 heterocycles. The van der Waals surface area contributed by atoms with E-state index < -0.39 is 5.54 Å². The fourth-order valence-corrected chi connectivity index (χ4v) is 1.77. The van der Waals surface area contributed by atoms with E-state index in [0.29, 0.717) is 11.6 Å². The zero-order valence-corrected chi connectivity index (χ0v) is 10.1. The number of aromatic nitrogens is 1. The van der Waals surface area contributed by atoms with E-state index in [-0.39, 0.29) is 11.8 Å². The van der Waals surface area contributed by atoms with Crippen LogP contribution in [0.4, 0.5) is 5.69 Å². The van der Waals surface area contributed by atoms with Gasteiger partial charge in [-0.3, -0.25) is 4.79 Å². The number of ether oxygens (including phenoxy) is 1. The van der Waals surface area contributed by atoms with E-state index in [4.69, 9.17) is 10.5 Å². The monoisotopic (exact) mass is 235 g/mol. The third-order valence-electron chi connectivity index (χ3n) is 3.13. The summed E-state index contributed by atoms with van der Waals surface area (Å²) in [4.78, 5) is 16.1. The molecule has 5 heteroatoms. The number of rotatable bonds is 4. The molecular formula is C12H17N3O2. The quantitative estimate of drug-likeness (QED) is 0.820. The van der Waals surface area contributed by atoms with Gasteiger partial charge in [-0.05, 0) is 37.8 Å². The van der Waals surface area contributed by atoms with Crippen LogP contribution in [0.1, 0.15) is 19.8 Å². The molecule has 1 aliphatic rings. The summed E-state index contributed by atoms with van der Waals surface area (Å²) in [5, 5.41) is 2.77. The summed E-state index contributed by atoms with van der Waals surface area (Å²) in [5.74, 6) is 0.490. The van der Waals surface area contributed by atoms with Gasteiger partial charge in [0, 0.05) is 6.20 Å². The van der Waals surface area contributed by atoms with Crippen LogP contribution in [0.3, 0.4) is 0 Å². The molecule has 3 N–H and O–H groups in total. The van der Waals surface area contributed by atoms with Gasteiger partial charge in [-0.1, -0.05) is 0 Å². The van der Waals surface area contributed by atoms with Crippen LogP contribution in [0.5, 0.6) is 5.88 Å². The molecule has 0 aliphatic heterocycles. The van der Waals surface area contributed by atoms with Gasteiger partial charge < -0.3 is 15.8 Å². The number of methoxy groups -OCH3 is 1. The van der Waals surface area contributed by atoms with E-state index in [1.54, 1.807) is 25.3 Å². The maximum Gasteiger partial charge on any atom is 0.244 e. The Hall–Kier alpha value is -1.62. The Morgan fingerprint density at radius 3 is 2.94 bits per heavy atom. The first-order valence-corrected chi connectivity index (χ1v) is 5.65. The van der Waals surface area contributed by atoms with Crippen LogP contribution >= 0.6 is 0 Å². The van der Waals surface area contributed by atoms with Gasteiger partial charge >= 0.3 is 0 Å². The lowest BCUT2D eigenvalue weighted by Crippen LogP contribution is -2.50. The molecule has 1 amide bonds. The highest BCUT2D eigenvalue weighted by atomic mass is 16.5. The lowest BCUT2D eigenvalue weighted by atomic mass is 9.96. The third-order valence-corrected chi connectivity index (χ3v) is 3.13. The number of nitrogens with two attached hydrogens (primary N) is 1. The van der Waals surface area contributed by atoms with Crippen LogP contribution in [0.2, 0.25) is 0 Å². The fraction of sp³-hybridized carbons (Fsp3) is 0.500. The Labute approximate surface area is 100 Å². The first-order chi connectivity index (χ1) is 8.05. The Kier molecular flexibility index (Phi) is 3.02. The summed E-state index contributed by atoms with van der Waals surface area (Å²) in [7, 11) is 1.51. The molecule has 92 valence electrons. The van der Waals surface area contributed by atoms with Gasteiger partial charge in [0.2, 0.25) is 11.8 Å². The zero-order valence-electron chi connectivity index (χ0n) is 10.1. The lowest BCUT2D eigenvalue weighted by Gasteiger charge is -2.23. The Balaban J connectivity index is 2.12. The Morgan fingerprint density at radius 2 is 2.35 bits per heavy atom. The second-order valence-corrected chi connectivity index (χ2v) is 4.57. The van der Waals surface area contributed by atoms with E-state index >= 15 is 0 Å². The smallest absolute Gasteiger partial charge is 0.244 e. The van der Waals surface area contributed by atoms with Crippen molar-refractivity contribution in [2.24, 2.45) is 11.7 Å². The fourth-order valence-electron chi connectivity index (χ4n) is 1.77. The van der Waals surface area contributed by atoms with Gasteiger partial charge in [0.15, 0.2) is 0 Å². The topological polar surface area (TPSA) is 77.2 Å². The molecule has 1 saturated carbocycles. The minimum absolute atomic E-state index is 0.189. The average Bonchev–Trinajstić information content (AvgIpc) is 3.13. The van der Waals surface area contributed by atoms with Crippen LogP contribution in [0, 0.1) is 5.92 Å². The Bertz CT molecular complexity index is 428. The highest BCUT2D eigenvalue weighted by Crippen LogP contribution is 2.38. The van der Waals surface area contributed by atoms with Gasteiger partial charge in [0.25, 0.3) is 0 Å².